The first-order valence-corrected chi connectivity index (χ1v) is 6.75. The SMILES string of the molecule is O=C1C=CC(C(=O)NCc2nc(C3C=CC=NC3=O)no2)C=N1. The van der Waals surface area contributed by atoms with E-state index in [1.165, 1.54) is 24.6 Å². The highest BCUT2D eigenvalue weighted by atomic mass is 16.5. The van der Waals surface area contributed by atoms with E-state index >= 15 is 0 Å². The van der Waals surface area contributed by atoms with Crippen LogP contribution in [0, 0.1) is 5.92 Å². The summed E-state index contributed by atoms with van der Waals surface area (Å²) in [6, 6.07) is 0. The van der Waals surface area contributed by atoms with E-state index in [0.29, 0.717) is 0 Å². The largest absolute Gasteiger partial charge is 0.346 e. The van der Waals surface area contributed by atoms with Gasteiger partial charge in [0.15, 0.2) is 5.82 Å². The van der Waals surface area contributed by atoms with Gasteiger partial charge in [0.1, 0.15) is 5.92 Å². The standard InChI is InChI=1S/C14H11N5O4/c20-10-4-3-8(6-16-10)13(21)17-7-11-18-12(19-23-11)9-2-1-5-15-14(9)22/h1-6,8-9H,7H2,(H,17,21). The first kappa shape index (κ1) is 14.7. The lowest BCUT2D eigenvalue weighted by atomic mass is 10.1. The summed E-state index contributed by atoms with van der Waals surface area (Å²) in [5.74, 6) is -2.06. The fourth-order valence-electron chi connectivity index (χ4n) is 1.97. The highest BCUT2D eigenvalue weighted by Gasteiger charge is 2.24. The maximum atomic E-state index is 11.9. The van der Waals surface area contributed by atoms with Crippen molar-refractivity contribution in [3.8, 4) is 0 Å². The number of nitrogens with one attached hydrogen (secondary N) is 1. The Morgan fingerprint density at radius 3 is 2.87 bits per heavy atom. The van der Waals surface area contributed by atoms with Crippen LogP contribution < -0.4 is 5.32 Å². The molecule has 3 rings (SSSR count). The molecule has 1 aromatic heterocycles. The molecule has 0 fully saturated rings. The van der Waals surface area contributed by atoms with Crippen LogP contribution >= 0.6 is 0 Å². The van der Waals surface area contributed by atoms with Crippen LogP contribution in [0.5, 0.6) is 0 Å². The Bertz CT molecular complexity index is 758. The molecule has 1 aromatic rings. The summed E-state index contributed by atoms with van der Waals surface area (Å²) >= 11 is 0. The Labute approximate surface area is 129 Å². The molecular formula is C14H11N5O4. The molecule has 9 heteroatoms. The summed E-state index contributed by atoms with van der Waals surface area (Å²) in [6.07, 6.45) is 8.58. The molecule has 23 heavy (non-hydrogen) atoms. The zero-order chi connectivity index (χ0) is 16.2. The molecule has 2 aliphatic rings. The number of dihydropyridines is 2. The van der Waals surface area contributed by atoms with Crippen LogP contribution in [0.4, 0.5) is 0 Å². The Morgan fingerprint density at radius 1 is 1.26 bits per heavy atom. The van der Waals surface area contributed by atoms with Gasteiger partial charge in [0, 0.05) is 18.5 Å². The summed E-state index contributed by atoms with van der Waals surface area (Å²) in [6.45, 7) is 0.00581. The van der Waals surface area contributed by atoms with Crippen LogP contribution in [0.2, 0.25) is 0 Å². The Morgan fingerprint density at radius 2 is 2.13 bits per heavy atom. The third-order valence-electron chi connectivity index (χ3n) is 3.14. The van der Waals surface area contributed by atoms with Gasteiger partial charge in [-0.3, -0.25) is 14.4 Å². The number of aliphatic imine (C=N–C) groups is 2. The molecule has 0 aliphatic carbocycles. The second kappa shape index (κ2) is 6.26. The van der Waals surface area contributed by atoms with E-state index in [-0.39, 0.29) is 30.1 Å². The van der Waals surface area contributed by atoms with Crippen LogP contribution in [0.15, 0.2) is 38.8 Å². The van der Waals surface area contributed by atoms with Crippen molar-refractivity contribution in [3.63, 3.8) is 0 Å². The molecule has 2 unspecified atom stereocenters. The molecule has 3 heterocycles. The van der Waals surface area contributed by atoms with E-state index in [2.05, 4.69) is 25.4 Å². The van der Waals surface area contributed by atoms with Gasteiger partial charge in [-0.25, -0.2) is 9.98 Å². The maximum Gasteiger partial charge on any atom is 0.269 e. The Hall–Kier alpha value is -3.23. The van der Waals surface area contributed by atoms with Crippen LogP contribution in [-0.2, 0) is 20.9 Å². The molecule has 0 saturated carbocycles. The van der Waals surface area contributed by atoms with E-state index in [0.717, 1.165) is 0 Å². The van der Waals surface area contributed by atoms with Crippen LogP contribution in [0.25, 0.3) is 0 Å². The molecule has 0 radical (unpaired) electrons. The lowest BCUT2D eigenvalue weighted by Gasteiger charge is -2.08. The summed E-state index contributed by atoms with van der Waals surface area (Å²) in [5.41, 5.74) is 0. The van der Waals surface area contributed by atoms with Gasteiger partial charge in [-0.1, -0.05) is 17.3 Å². The average Bonchev–Trinajstić information content (AvgIpc) is 3.02. The quantitative estimate of drug-likeness (QED) is 0.814. The van der Waals surface area contributed by atoms with E-state index in [1.807, 2.05) is 0 Å². The predicted molar refractivity (Wildman–Crippen MR) is 77.7 cm³/mol. The number of carbonyl (C=O) groups is 3. The number of rotatable bonds is 4. The second-order valence-electron chi connectivity index (χ2n) is 4.74. The van der Waals surface area contributed by atoms with Gasteiger partial charge < -0.3 is 9.84 Å². The first-order chi connectivity index (χ1) is 11.1. The van der Waals surface area contributed by atoms with Crippen molar-refractivity contribution >= 4 is 30.2 Å². The van der Waals surface area contributed by atoms with Gasteiger partial charge in [0.2, 0.25) is 11.8 Å². The topological polar surface area (TPSA) is 127 Å². The minimum absolute atomic E-state index is 0.00581. The van der Waals surface area contributed by atoms with Gasteiger partial charge in [-0.2, -0.15) is 4.98 Å². The normalized spacial score (nSPS) is 22.6. The summed E-state index contributed by atoms with van der Waals surface area (Å²) in [4.78, 5) is 45.7. The molecule has 1 N–H and O–H groups in total. The second-order valence-corrected chi connectivity index (χ2v) is 4.74. The fraction of sp³-hybridized carbons (Fsp3) is 0.214. The molecular weight excluding hydrogens is 302 g/mol. The molecule has 0 aromatic carbocycles. The van der Waals surface area contributed by atoms with Crippen molar-refractivity contribution in [3.05, 3.63) is 36.0 Å². The van der Waals surface area contributed by atoms with Gasteiger partial charge in [-0.15, -0.1) is 0 Å². The third kappa shape index (κ3) is 3.34. The maximum absolute atomic E-state index is 11.9. The van der Waals surface area contributed by atoms with Gasteiger partial charge in [-0.05, 0) is 6.08 Å². The molecule has 9 nitrogen and oxygen atoms in total. The lowest BCUT2D eigenvalue weighted by molar-refractivity contribution is -0.122. The highest BCUT2D eigenvalue weighted by Crippen LogP contribution is 2.18. The van der Waals surface area contributed by atoms with Crippen molar-refractivity contribution in [1.82, 2.24) is 15.5 Å². The zero-order valence-electron chi connectivity index (χ0n) is 11.7. The number of nitrogens with zero attached hydrogens (tertiary/aromatic N) is 4. The number of allylic oxidation sites excluding steroid dienone is 1. The molecule has 2 atom stereocenters. The summed E-state index contributed by atoms with van der Waals surface area (Å²) in [5, 5.41) is 6.31. The van der Waals surface area contributed by atoms with E-state index in [4.69, 9.17) is 4.52 Å². The number of amides is 3. The Kier molecular flexibility index (Phi) is 4.00. The van der Waals surface area contributed by atoms with Crippen molar-refractivity contribution in [2.75, 3.05) is 0 Å². The molecule has 2 aliphatic heterocycles. The predicted octanol–water partition coefficient (Wildman–Crippen LogP) is -0.280. The van der Waals surface area contributed by atoms with Crippen LogP contribution in [-0.4, -0.2) is 40.3 Å². The number of hydrogen-bond acceptors (Lipinski definition) is 6. The monoisotopic (exact) mass is 313 g/mol. The lowest BCUT2D eigenvalue weighted by Crippen LogP contribution is -2.31. The average molecular weight is 313 g/mol. The van der Waals surface area contributed by atoms with Crippen molar-refractivity contribution in [2.45, 2.75) is 12.5 Å². The molecule has 116 valence electrons. The summed E-state index contributed by atoms with van der Waals surface area (Å²) < 4.78 is 5.00. The van der Waals surface area contributed by atoms with Gasteiger partial charge in [0.25, 0.3) is 11.8 Å². The van der Waals surface area contributed by atoms with Gasteiger partial charge >= 0.3 is 0 Å². The number of hydrogen-bond donors (Lipinski definition) is 1. The van der Waals surface area contributed by atoms with Crippen molar-refractivity contribution in [2.24, 2.45) is 15.9 Å². The molecule has 0 bridgehead atoms. The van der Waals surface area contributed by atoms with Gasteiger partial charge in [0.05, 0.1) is 12.5 Å². The number of carbonyl (C=O) groups excluding carboxylic acids is 3. The van der Waals surface area contributed by atoms with Crippen molar-refractivity contribution in [1.29, 1.82) is 0 Å². The van der Waals surface area contributed by atoms with Crippen LogP contribution in [0.1, 0.15) is 17.6 Å². The van der Waals surface area contributed by atoms with E-state index in [9.17, 15) is 14.4 Å². The number of aromatic nitrogens is 2. The highest BCUT2D eigenvalue weighted by molar-refractivity contribution is 6.05. The van der Waals surface area contributed by atoms with E-state index < -0.39 is 17.7 Å². The first-order valence-electron chi connectivity index (χ1n) is 6.75. The minimum atomic E-state index is -0.673. The molecule has 0 spiro atoms. The van der Waals surface area contributed by atoms with Crippen molar-refractivity contribution < 1.29 is 18.9 Å². The smallest absolute Gasteiger partial charge is 0.269 e. The zero-order valence-corrected chi connectivity index (χ0v) is 11.7. The Balaban J connectivity index is 1.58. The van der Waals surface area contributed by atoms with E-state index in [1.54, 1.807) is 12.2 Å². The minimum Gasteiger partial charge on any atom is -0.346 e. The molecule has 3 amide bonds. The fourth-order valence-corrected chi connectivity index (χ4v) is 1.97. The third-order valence-corrected chi connectivity index (χ3v) is 3.14. The summed E-state index contributed by atoms with van der Waals surface area (Å²) in [7, 11) is 0. The van der Waals surface area contributed by atoms with Crippen LogP contribution in [0.3, 0.4) is 0 Å². The molecule has 0 saturated heterocycles.